The van der Waals surface area contributed by atoms with Crippen LogP contribution < -0.4 is 5.32 Å². The second-order valence-corrected chi connectivity index (χ2v) is 6.64. The number of benzene rings is 2. The summed E-state index contributed by atoms with van der Waals surface area (Å²) in [6.07, 6.45) is 1.17. The molecule has 0 aliphatic rings. The van der Waals surface area contributed by atoms with Gasteiger partial charge in [-0.3, -0.25) is 0 Å². The molecule has 1 N–H and O–H groups in total. The molecule has 0 aromatic heterocycles. The Morgan fingerprint density at radius 3 is 2.20 bits per heavy atom. The van der Waals surface area contributed by atoms with Crippen LogP contribution in [-0.2, 0) is 9.84 Å². The van der Waals surface area contributed by atoms with Crippen molar-refractivity contribution < 1.29 is 12.8 Å². The second kappa shape index (κ2) is 5.73. The van der Waals surface area contributed by atoms with E-state index in [1.54, 1.807) is 37.4 Å². The number of halogens is 1. The summed E-state index contributed by atoms with van der Waals surface area (Å²) >= 11 is 0. The lowest BCUT2D eigenvalue weighted by Crippen LogP contribution is -2.18. The van der Waals surface area contributed by atoms with Gasteiger partial charge in [-0.2, -0.15) is 0 Å². The number of nitrogens with one attached hydrogen (secondary N) is 1. The maximum atomic E-state index is 13.3. The minimum absolute atomic E-state index is 0.256. The summed E-state index contributed by atoms with van der Waals surface area (Å²) in [7, 11) is -1.51. The third-order valence-corrected chi connectivity index (χ3v) is 4.20. The van der Waals surface area contributed by atoms with Gasteiger partial charge in [0, 0.05) is 6.26 Å². The Hall–Kier alpha value is -1.72. The number of hydrogen-bond donors (Lipinski definition) is 1. The van der Waals surface area contributed by atoms with E-state index in [9.17, 15) is 12.8 Å². The first-order chi connectivity index (χ1) is 9.41. The quantitative estimate of drug-likeness (QED) is 0.942. The van der Waals surface area contributed by atoms with Crippen LogP contribution in [0.4, 0.5) is 4.39 Å². The van der Waals surface area contributed by atoms with E-state index in [1.807, 2.05) is 6.07 Å². The van der Waals surface area contributed by atoms with Crippen molar-refractivity contribution in [1.82, 2.24) is 5.32 Å². The standard InChI is InChI=1S/C15H16FNO2S/c1-17-15(11-5-3-7-13(16)9-11)12-6-4-8-14(10-12)20(2,18)19/h3-10,15,17H,1-2H3. The monoisotopic (exact) mass is 293 g/mol. The Bertz CT molecular complexity index is 713. The summed E-state index contributed by atoms with van der Waals surface area (Å²) < 4.78 is 36.5. The first-order valence-corrected chi connectivity index (χ1v) is 8.03. The zero-order valence-corrected chi connectivity index (χ0v) is 12.1. The molecule has 0 heterocycles. The predicted molar refractivity (Wildman–Crippen MR) is 76.9 cm³/mol. The SMILES string of the molecule is CNC(c1cccc(F)c1)c1cccc(S(C)(=O)=O)c1. The molecule has 2 aromatic carbocycles. The van der Waals surface area contributed by atoms with Gasteiger partial charge >= 0.3 is 0 Å². The van der Waals surface area contributed by atoms with Crippen molar-refractivity contribution in [1.29, 1.82) is 0 Å². The van der Waals surface area contributed by atoms with E-state index in [0.717, 1.165) is 11.1 Å². The molecule has 2 aromatic rings. The van der Waals surface area contributed by atoms with Gasteiger partial charge in [-0.1, -0.05) is 24.3 Å². The molecule has 3 nitrogen and oxygen atoms in total. The van der Waals surface area contributed by atoms with Crippen molar-refractivity contribution in [2.45, 2.75) is 10.9 Å². The maximum Gasteiger partial charge on any atom is 0.175 e. The highest BCUT2D eigenvalue weighted by atomic mass is 32.2. The molecule has 1 atom stereocenters. The lowest BCUT2D eigenvalue weighted by atomic mass is 9.99. The molecule has 0 aliphatic carbocycles. The topological polar surface area (TPSA) is 46.2 Å². The summed E-state index contributed by atoms with van der Waals surface area (Å²) in [6, 6.07) is 12.7. The average molecular weight is 293 g/mol. The third-order valence-electron chi connectivity index (χ3n) is 3.09. The third kappa shape index (κ3) is 3.23. The van der Waals surface area contributed by atoms with Crippen LogP contribution in [0.15, 0.2) is 53.4 Å². The summed E-state index contributed by atoms with van der Waals surface area (Å²) in [5.74, 6) is -0.318. The molecule has 1 unspecified atom stereocenters. The number of rotatable bonds is 4. The summed E-state index contributed by atoms with van der Waals surface area (Å²) in [6.45, 7) is 0. The van der Waals surface area contributed by atoms with E-state index in [1.165, 1.54) is 18.4 Å². The van der Waals surface area contributed by atoms with Crippen LogP contribution in [0, 0.1) is 5.82 Å². The molecule has 0 saturated carbocycles. The van der Waals surface area contributed by atoms with Gasteiger partial charge in [0.15, 0.2) is 9.84 Å². The molecular weight excluding hydrogens is 277 g/mol. The zero-order valence-electron chi connectivity index (χ0n) is 11.3. The van der Waals surface area contributed by atoms with Gasteiger partial charge in [0.05, 0.1) is 10.9 Å². The van der Waals surface area contributed by atoms with E-state index in [4.69, 9.17) is 0 Å². The van der Waals surface area contributed by atoms with Crippen LogP contribution >= 0.6 is 0 Å². The lowest BCUT2D eigenvalue weighted by molar-refractivity contribution is 0.600. The Labute approximate surface area is 118 Å². The van der Waals surface area contributed by atoms with Crippen molar-refractivity contribution in [2.24, 2.45) is 0 Å². The molecule has 0 bridgehead atoms. The normalized spacial score (nSPS) is 13.2. The van der Waals surface area contributed by atoms with E-state index in [0.29, 0.717) is 0 Å². The van der Waals surface area contributed by atoms with E-state index >= 15 is 0 Å². The summed E-state index contributed by atoms with van der Waals surface area (Å²) in [4.78, 5) is 0.256. The van der Waals surface area contributed by atoms with E-state index in [2.05, 4.69) is 5.32 Å². The van der Waals surface area contributed by atoms with Crippen molar-refractivity contribution in [3.8, 4) is 0 Å². The highest BCUT2D eigenvalue weighted by molar-refractivity contribution is 7.90. The Morgan fingerprint density at radius 2 is 1.65 bits per heavy atom. The van der Waals surface area contributed by atoms with Crippen LogP contribution in [0.25, 0.3) is 0 Å². The molecular formula is C15H16FNO2S. The molecule has 0 spiro atoms. The molecule has 106 valence electrons. The fraction of sp³-hybridized carbons (Fsp3) is 0.200. The molecule has 2 rings (SSSR count). The Morgan fingerprint density at radius 1 is 1.05 bits per heavy atom. The minimum atomic E-state index is -3.26. The second-order valence-electron chi connectivity index (χ2n) is 4.62. The lowest BCUT2D eigenvalue weighted by Gasteiger charge is -2.18. The molecule has 0 saturated heterocycles. The minimum Gasteiger partial charge on any atom is -0.309 e. The molecule has 0 radical (unpaired) electrons. The predicted octanol–water partition coefficient (Wildman–Crippen LogP) is 2.54. The molecule has 5 heteroatoms. The van der Waals surface area contributed by atoms with Crippen LogP contribution in [0.3, 0.4) is 0 Å². The molecule has 20 heavy (non-hydrogen) atoms. The Balaban J connectivity index is 2.48. The average Bonchev–Trinajstić information content (AvgIpc) is 2.39. The van der Waals surface area contributed by atoms with Gasteiger partial charge in [-0.15, -0.1) is 0 Å². The summed E-state index contributed by atoms with van der Waals surface area (Å²) in [5.41, 5.74) is 1.53. The first-order valence-electron chi connectivity index (χ1n) is 6.14. The van der Waals surface area contributed by atoms with Gasteiger partial charge in [0.1, 0.15) is 5.82 Å². The van der Waals surface area contributed by atoms with Crippen LogP contribution in [0.2, 0.25) is 0 Å². The van der Waals surface area contributed by atoms with Crippen LogP contribution in [0.1, 0.15) is 17.2 Å². The van der Waals surface area contributed by atoms with E-state index in [-0.39, 0.29) is 16.8 Å². The molecule has 0 fully saturated rings. The highest BCUT2D eigenvalue weighted by Gasteiger charge is 2.15. The number of sulfone groups is 1. The van der Waals surface area contributed by atoms with Crippen LogP contribution in [-0.4, -0.2) is 21.7 Å². The van der Waals surface area contributed by atoms with Crippen molar-refractivity contribution in [3.05, 3.63) is 65.5 Å². The smallest absolute Gasteiger partial charge is 0.175 e. The van der Waals surface area contributed by atoms with E-state index < -0.39 is 9.84 Å². The molecule has 0 amide bonds. The molecule has 0 aliphatic heterocycles. The fourth-order valence-electron chi connectivity index (χ4n) is 2.14. The van der Waals surface area contributed by atoms with Gasteiger partial charge in [-0.25, -0.2) is 12.8 Å². The zero-order chi connectivity index (χ0) is 14.8. The first kappa shape index (κ1) is 14.7. The van der Waals surface area contributed by atoms with Gasteiger partial charge in [-0.05, 0) is 42.4 Å². The maximum absolute atomic E-state index is 13.3. The highest BCUT2D eigenvalue weighted by Crippen LogP contribution is 2.24. The van der Waals surface area contributed by atoms with Crippen molar-refractivity contribution in [2.75, 3.05) is 13.3 Å². The Kier molecular flexibility index (Phi) is 4.20. The van der Waals surface area contributed by atoms with Gasteiger partial charge in [0.25, 0.3) is 0 Å². The van der Waals surface area contributed by atoms with Gasteiger partial charge < -0.3 is 5.32 Å². The van der Waals surface area contributed by atoms with Crippen molar-refractivity contribution in [3.63, 3.8) is 0 Å². The van der Waals surface area contributed by atoms with Gasteiger partial charge in [0.2, 0.25) is 0 Å². The largest absolute Gasteiger partial charge is 0.309 e. The van der Waals surface area contributed by atoms with Crippen molar-refractivity contribution >= 4 is 9.84 Å². The number of hydrogen-bond acceptors (Lipinski definition) is 3. The fourth-order valence-corrected chi connectivity index (χ4v) is 2.81. The van der Waals surface area contributed by atoms with Crippen LogP contribution in [0.5, 0.6) is 0 Å². The summed E-state index contributed by atoms with van der Waals surface area (Å²) in [5, 5.41) is 3.08.